The quantitative estimate of drug-likeness (QED) is 0.766. The molecule has 0 bridgehead atoms. The summed E-state index contributed by atoms with van der Waals surface area (Å²) in [4.78, 5) is 6.94. The van der Waals surface area contributed by atoms with E-state index in [1.807, 2.05) is 0 Å². The molecular formula is C14H27N3S. The number of anilines is 1. The van der Waals surface area contributed by atoms with E-state index in [9.17, 15) is 0 Å². The van der Waals surface area contributed by atoms with Gasteiger partial charge < -0.3 is 10.2 Å². The van der Waals surface area contributed by atoms with Crippen LogP contribution in [-0.4, -0.2) is 24.1 Å². The first-order chi connectivity index (χ1) is 8.42. The van der Waals surface area contributed by atoms with Crippen molar-refractivity contribution in [2.24, 2.45) is 0 Å². The Balaban J connectivity index is 2.42. The lowest BCUT2D eigenvalue weighted by Gasteiger charge is -2.19. The van der Waals surface area contributed by atoms with Crippen molar-refractivity contribution in [1.29, 1.82) is 0 Å². The molecule has 1 rings (SSSR count). The van der Waals surface area contributed by atoms with Crippen LogP contribution >= 0.6 is 11.3 Å². The van der Waals surface area contributed by atoms with Gasteiger partial charge in [-0.15, -0.1) is 11.3 Å². The van der Waals surface area contributed by atoms with Gasteiger partial charge in [-0.1, -0.05) is 19.8 Å². The maximum Gasteiger partial charge on any atom is 0.185 e. The Morgan fingerprint density at radius 3 is 2.67 bits per heavy atom. The molecule has 3 nitrogen and oxygen atoms in total. The van der Waals surface area contributed by atoms with E-state index in [1.54, 1.807) is 11.3 Å². The third-order valence-corrected chi connectivity index (χ3v) is 3.77. The van der Waals surface area contributed by atoms with Crippen molar-refractivity contribution in [2.75, 3.05) is 18.5 Å². The fourth-order valence-corrected chi connectivity index (χ4v) is 2.42. The van der Waals surface area contributed by atoms with Gasteiger partial charge in [0.25, 0.3) is 0 Å². The van der Waals surface area contributed by atoms with Gasteiger partial charge in [-0.2, -0.15) is 0 Å². The lowest BCUT2D eigenvalue weighted by atomic mass is 10.1. The van der Waals surface area contributed by atoms with Crippen LogP contribution < -0.4 is 10.2 Å². The van der Waals surface area contributed by atoms with Crippen molar-refractivity contribution in [1.82, 2.24) is 10.3 Å². The van der Waals surface area contributed by atoms with Crippen molar-refractivity contribution in [2.45, 2.75) is 59.0 Å². The summed E-state index contributed by atoms with van der Waals surface area (Å²) in [7, 11) is 2.13. The molecule has 0 saturated carbocycles. The lowest BCUT2D eigenvalue weighted by Crippen LogP contribution is -2.35. The number of hydrogen-bond acceptors (Lipinski definition) is 4. The molecular weight excluding hydrogens is 242 g/mol. The monoisotopic (exact) mass is 269 g/mol. The van der Waals surface area contributed by atoms with Crippen molar-refractivity contribution in [3.8, 4) is 0 Å². The van der Waals surface area contributed by atoms with Crippen LogP contribution in [-0.2, 0) is 6.54 Å². The molecule has 0 aliphatic carbocycles. The van der Waals surface area contributed by atoms with Gasteiger partial charge in [-0.25, -0.2) is 4.98 Å². The molecule has 0 unspecified atom stereocenters. The fraction of sp³-hybridized carbons (Fsp3) is 0.786. The summed E-state index contributed by atoms with van der Waals surface area (Å²) in [6, 6.07) is 0. The number of rotatable bonds is 7. The smallest absolute Gasteiger partial charge is 0.185 e. The first kappa shape index (κ1) is 15.4. The predicted molar refractivity (Wildman–Crippen MR) is 81.5 cm³/mol. The average molecular weight is 269 g/mol. The summed E-state index contributed by atoms with van der Waals surface area (Å²) in [6.45, 7) is 10.7. The van der Waals surface area contributed by atoms with Crippen LogP contribution in [0.15, 0.2) is 5.38 Å². The zero-order chi connectivity index (χ0) is 13.6. The maximum absolute atomic E-state index is 4.67. The van der Waals surface area contributed by atoms with Crippen LogP contribution in [0.3, 0.4) is 0 Å². The number of thiazole rings is 1. The van der Waals surface area contributed by atoms with Gasteiger partial charge in [0.15, 0.2) is 5.13 Å². The Bertz CT molecular complexity index is 341. The second kappa shape index (κ2) is 7.10. The van der Waals surface area contributed by atoms with Crippen LogP contribution in [0.1, 0.15) is 52.7 Å². The highest BCUT2D eigenvalue weighted by Gasteiger charge is 2.11. The van der Waals surface area contributed by atoms with Crippen LogP contribution in [0.4, 0.5) is 5.13 Å². The summed E-state index contributed by atoms with van der Waals surface area (Å²) in [6.07, 6.45) is 3.82. The minimum atomic E-state index is 0.150. The number of unbranched alkanes of at least 4 members (excludes halogenated alkanes) is 2. The predicted octanol–water partition coefficient (Wildman–Crippen LogP) is 3.66. The Kier molecular flexibility index (Phi) is 6.09. The largest absolute Gasteiger partial charge is 0.351 e. The van der Waals surface area contributed by atoms with Crippen LogP contribution in [0.5, 0.6) is 0 Å². The normalized spacial score (nSPS) is 11.8. The van der Waals surface area contributed by atoms with E-state index in [1.165, 1.54) is 19.3 Å². The number of nitrogens with zero attached hydrogens (tertiary/aromatic N) is 2. The zero-order valence-corrected chi connectivity index (χ0v) is 13.2. The molecule has 0 fully saturated rings. The second-order valence-electron chi connectivity index (χ2n) is 5.85. The minimum Gasteiger partial charge on any atom is -0.351 e. The van der Waals surface area contributed by atoms with Gasteiger partial charge in [-0.05, 0) is 27.2 Å². The third-order valence-electron chi connectivity index (χ3n) is 2.76. The first-order valence-electron chi connectivity index (χ1n) is 6.83. The average Bonchev–Trinajstić information content (AvgIpc) is 2.74. The number of nitrogens with one attached hydrogen (secondary N) is 1. The van der Waals surface area contributed by atoms with Crippen LogP contribution in [0.2, 0.25) is 0 Å². The highest BCUT2D eigenvalue weighted by atomic mass is 32.1. The van der Waals surface area contributed by atoms with Crippen LogP contribution in [0, 0.1) is 0 Å². The topological polar surface area (TPSA) is 28.2 Å². The molecule has 0 spiro atoms. The molecule has 0 aliphatic rings. The van der Waals surface area contributed by atoms with Gasteiger partial charge in [0.1, 0.15) is 0 Å². The minimum absolute atomic E-state index is 0.150. The van der Waals surface area contributed by atoms with Crippen molar-refractivity contribution in [3.63, 3.8) is 0 Å². The van der Waals surface area contributed by atoms with E-state index >= 15 is 0 Å². The van der Waals surface area contributed by atoms with E-state index in [2.05, 4.69) is 55.3 Å². The van der Waals surface area contributed by atoms with E-state index < -0.39 is 0 Å². The summed E-state index contributed by atoms with van der Waals surface area (Å²) in [5.74, 6) is 0. The van der Waals surface area contributed by atoms with Crippen molar-refractivity contribution < 1.29 is 0 Å². The molecule has 0 aromatic carbocycles. The van der Waals surface area contributed by atoms with E-state index in [0.29, 0.717) is 0 Å². The molecule has 1 aromatic heterocycles. The Morgan fingerprint density at radius 1 is 1.33 bits per heavy atom. The molecule has 4 heteroatoms. The van der Waals surface area contributed by atoms with E-state index in [4.69, 9.17) is 0 Å². The molecule has 0 atom stereocenters. The molecule has 1 N–H and O–H groups in total. The number of hydrogen-bond donors (Lipinski definition) is 1. The molecule has 0 radical (unpaired) electrons. The summed E-state index contributed by atoms with van der Waals surface area (Å²) in [5, 5.41) is 6.76. The SMILES string of the molecule is CCCCCN(C)c1nc(CNC(C)(C)C)cs1. The zero-order valence-electron chi connectivity index (χ0n) is 12.4. The Hall–Kier alpha value is -0.610. The van der Waals surface area contributed by atoms with Crippen LogP contribution in [0.25, 0.3) is 0 Å². The van der Waals surface area contributed by atoms with Gasteiger partial charge in [0, 0.05) is 31.1 Å². The van der Waals surface area contributed by atoms with E-state index in [-0.39, 0.29) is 5.54 Å². The summed E-state index contributed by atoms with van der Waals surface area (Å²) < 4.78 is 0. The highest BCUT2D eigenvalue weighted by Crippen LogP contribution is 2.20. The molecule has 0 saturated heterocycles. The van der Waals surface area contributed by atoms with Gasteiger partial charge in [0.05, 0.1) is 5.69 Å². The summed E-state index contributed by atoms with van der Waals surface area (Å²) in [5.41, 5.74) is 1.30. The molecule has 104 valence electrons. The molecule has 0 aliphatic heterocycles. The Morgan fingerprint density at radius 2 is 2.06 bits per heavy atom. The maximum atomic E-state index is 4.67. The highest BCUT2D eigenvalue weighted by molar-refractivity contribution is 7.13. The standard InChI is InChI=1S/C14H27N3S/c1-6-7-8-9-17(5)13-16-12(11-18-13)10-15-14(2,3)4/h11,15H,6-10H2,1-5H3. The Labute approximate surface area is 116 Å². The summed E-state index contributed by atoms with van der Waals surface area (Å²) >= 11 is 1.74. The van der Waals surface area contributed by atoms with E-state index in [0.717, 1.165) is 23.9 Å². The molecule has 18 heavy (non-hydrogen) atoms. The van der Waals surface area contributed by atoms with Crippen molar-refractivity contribution in [3.05, 3.63) is 11.1 Å². The molecule has 1 heterocycles. The second-order valence-corrected chi connectivity index (χ2v) is 6.69. The fourth-order valence-electron chi connectivity index (χ4n) is 1.60. The lowest BCUT2D eigenvalue weighted by molar-refractivity contribution is 0.422. The molecule has 1 aromatic rings. The number of aromatic nitrogens is 1. The first-order valence-corrected chi connectivity index (χ1v) is 7.71. The molecule has 0 amide bonds. The third kappa shape index (κ3) is 5.83. The van der Waals surface area contributed by atoms with Crippen molar-refractivity contribution >= 4 is 16.5 Å². The van der Waals surface area contributed by atoms with Gasteiger partial charge >= 0.3 is 0 Å². The van der Waals surface area contributed by atoms with Gasteiger partial charge in [0.2, 0.25) is 0 Å². The van der Waals surface area contributed by atoms with Gasteiger partial charge in [-0.3, -0.25) is 0 Å².